The predicted octanol–water partition coefficient (Wildman–Crippen LogP) is 3.60. The molecule has 1 saturated heterocycles. The zero-order valence-corrected chi connectivity index (χ0v) is 13.0. The van der Waals surface area contributed by atoms with Crippen LogP contribution in [0.25, 0.3) is 0 Å². The van der Waals surface area contributed by atoms with Gasteiger partial charge in [0.15, 0.2) is 5.79 Å². The summed E-state index contributed by atoms with van der Waals surface area (Å²) in [5, 5.41) is 0. The Kier molecular flexibility index (Phi) is 5.42. The molecular formula is C16H24O5. The van der Waals surface area contributed by atoms with E-state index in [0.29, 0.717) is 13.0 Å². The molecule has 1 aliphatic rings. The lowest BCUT2D eigenvalue weighted by Gasteiger charge is -2.39. The smallest absolute Gasteiger partial charge is 0.308 e. The lowest BCUT2D eigenvalue weighted by atomic mass is 10.0. The number of esters is 1. The minimum absolute atomic E-state index is 0.197. The summed E-state index contributed by atoms with van der Waals surface area (Å²) in [5.41, 5.74) is 0. The number of rotatable bonds is 6. The van der Waals surface area contributed by atoms with E-state index in [1.807, 2.05) is 26.0 Å². The van der Waals surface area contributed by atoms with Gasteiger partial charge in [-0.2, -0.15) is 0 Å². The van der Waals surface area contributed by atoms with Gasteiger partial charge in [0.2, 0.25) is 0 Å². The molecule has 2 atom stereocenters. The summed E-state index contributed by atoms with van der Waals surface area (Å²) < 4.78 is 22.3. The topological polar surface area (TPSA) is 57.9 Å². The van der Waals surface area contributed by atoms with Gasteiger partial charge in [-0.1, -0.05) is 13.3 Å². The van der Waals surface area contributed by atoms with E-state index in [2.05, 4.69) is 6.92 Å². The van der Waals surface area contributed by atoms with Gasteiger partial charge in [-0.25, -0.2) is 0 Å². The lowest BCUT2D eigenvalue weighted by molar-refractivity contribution is -0.305. The Bertz CT molecular complexity index is 438. The van der Waals surface area contributed by atoms with Crippen LogP contribution >= 0.6 is 0 Å². The Morgan fingerprint density at radius 2 is 2.24 bits per heavy atom. The van der Waals surface area contributed by atoms with Crippen molar-refractivity contribution in [3.05, 3.63) is 24.2 Å². The molecule has 0 radical (unpaired) electrons. The molecule has 1 aromatic heterocycles. The molecule has 1 aromatic rings. The number of furan rings is 1. The first-order valence-electron chi connectivity index (χ1n) is 7.55. The molecule has 21 heavy (non-hydrogen) atoms. The molecule has 5 nitrogen and oxygen atoms in total. The highest BCUT2D eigenvalue weighted by Crippen LogP contribution is 2.37. The number of unbranched alkanes of at least 4 members (excludes halogenated alkanes) is 1. The number of ether oxygens (including phenoxy) is 3. The predicted molar refractivity (Wildman–Crippen MR) is 76.6 cm³/mol. The van der Waals surface area contributed by atoms with E-state index in [-0.39, 0.29) is 24.6 Å². The van der Waals surface area contributed by atoms with E-state index in [0.717, 1.165) is 18.6 Å². The fraction of sp³-hybridized carbons (Fsp3) is 0.688. The number of hydrogen-bond donors (Lipinski definition) is 0. The van der Waals surface area contributed by atoms with Crippen LogP contribution in [-0.2, 0) is 19.0 Å². The average molecular weight is 296 g/mol. The highest BCUT2D eigenvalue weighted by atomic mass is 16.7. The maximum Gasteiger partial charge on any atom is 0.308 e. The second-order valence-electron chi connectivity index (χ2n) is 5.78. The molecule has 0 aromatic carbocycles. The van der Waals surface area contributed by atoms with Crippen molar-refractivity contribution >= 4 is 5.97 Å². The molecule has 2 heterocycles. The van der Waals surface area contributed by atoms with Crippen molar-refractivity contribution in [1.29, 1.82) is 0 Å². The normalized spacial score (nSPS) is 24.7. The van der Waals surface area contributed by atoms with Gasteiger partial charge in [-0.15, -0.1) is 0 Å². The van der Waals surface area contributed by atoms with Gasteiger partial charge in [0.1, 0.15) is 11.9 Å². The summed E-state index contributed by atoms with van der Waals surface area (Å²) in [6, 6.07) is 3.71. The van der Waals surface area contributed by atoms with Crippen LogP contribution < -0.4 is 0 Å². The lowest BCUT2D eigenvalue weighted by Crippen LogP contribution is -2.42. The zero-order valence-electron chi connectivity index (χ0n) is 13.0. The third-order valence-corrected chi connectivity index (χ3v) is 3.37. The minimum atomic E-state index is -0.746. The maximum atomic E-state index is 11.8. The van der Waals surface area contributed by atoms with Crippen LogP contribution in [0.3, 0.4) is 0 Å². The Morgan fingerprint density at radius 1 is 1.43 bits per heavy atom. The van der Waals surface area contributed by atoms with Crippen molar-refractivity contribution in [2.24, 2.45) is 0 Å². The largest absolute Gasteiger partial charge is 0.467 e. The highest BCUT2D eigenvalue weighted by Gasteiger charge is 2.38. The average Bonchev–Trinajstić information content (AvgIpc) is 2.90. The molecule has 0 unspecified atom stereocenters. The van der Waals surface area contributed by atoms with Crippen LogP contribution in [0.5, 0.6) is 0 Å². The fourth-order valence-corrected chi connectivity index (χ4v) is 2.46. The molecule has 118 valence electrons. The van der Waals surface area contributed by atoms with E-state index >= 15 is 0 Å². The SMILES string of the molecule is CCCCOC(=O)C[C@@H]1C[C@H](c2ccco2)OC(C)(C)O1. The van der Waals surface area contributed by atoms with Gasteiger partial charge in [0.05, 0.1) is 25.4 Å². The van der Waals surface area contributed by atoms with E-state index in [1.165, 1.54) is 0 Å². The quantitative estimate of drug-likeness (QED) is 0.593. The van der Waals surface area contributed by atoms with Crippen LogP contribution in [0.1, 0.15) is 58.3 Å². The summed E-state index contributed by atoms with van der Waals surface area (Å²) in [5.74, 6) is -0.204. The van der Waals surface area contributed by atoms with Crippen LogP contribution in [0.15, 0.2) is 22.8 Å². The summed E-state index contributed by atoms with van der Waals surface area (Å²) in [7, 11) is 0. The molecule has 5 heteroatoms. The molecule has 0 N–H and O–H groups in total. The van der Waals surface area contributed by atoms with Crippen molar-refractivity contribution < 1.29 is 23.4 Å². The molecule has 0 saturated carbocycles. The third kappa shape index (κ3) is 4.86. The van der Waals surface area contributed by atoms with E-state index < -0.39 is 5.79 Å². The summed E-state index contributed by atoms with van der Waals surface area (Å²) in [4.78, 5) is 11.8. The van der Waals surface area contributed by atoms with E-state index in [9.17, 15) is 4.79 Å². The Balaban J connectivity index is 1.91. The van der Waals surface area contributed by atoms with Gasteiger partial charge >= 0.3 is 5.97 Å². The summed E-state index contributed by atoms with van der Waals surface area (Å²) in [6.07, 6.45) is 3.92. The van der Waals surface area contributed by atoms with Gasteiger partial charge in [0, 0.05) is 6.42 Å². The van der Waals surface area contributed by atoms with Crippen molar-refractivity contribution in [3.8, 4) is 0 Å². The molecule has 1 aliphatic heterocycles. The van der Waals surface area contributed by atoms with Gasteiger partial charge < -0.3 is 18.6 Å². The molecule has 0 bridgehead atoms. The monoisotopic (exact) mass is 296 g/mol. The first kappa shape index (κ1) is 16.0. The number of carbonyl (C=O) groups excluding carboxylic acids is 1. The molecule has 1 fully saturated rings. The van der Waals surface area contributed by atoms with Crippen molar-refractivity contribution in [2.75, 3.05) is 6.61 Å². The molecule has 0 amide bonds. The first-order valence-corrected chi connectivity index (χ1v) is 7.55. The van der Waals surface area contributed by atoms with Crippen molar-refractivity contribution in [2.45, 2.75) is 64.4 Å². The van der Waals surface area contributed by atoms with Crippen molar-refractivity contribution in [1.82, 2.24) is 0 Å². The van der Waals surface area contributed by atoms with Crippen LogP contribution in [0.4, 0.5) is 0 Å². The number of hydrogen-bond acceptors (Lipinski definition) is 5. The van der Waals surface area contributed by atoms with Crippen LogP contribution in [0, 0.1) is 0 Å². The molecule has 0 spiro atoms. The summed E-state index contributed by atoms with van der Waals surface area (Å²) >= 11 is 0. The standard InChI is InChI=1S/C16H24O5/c1-4-5-8-19-15(17)11-12-10-14(13-7-6-9-18-13)21-16(2,3)20-12/h6-7,9,12,14H,4-5,8,10-11H2,1-3H3/t12-,14+/m0/s1. The van der Waals surface area contributed by atoms with Crippen molar-refractivity contribution in [3.63, 3.8) is 0 Å². The molecule has 2 rings (SSSR count). The van der Waals surface area contributed by atoms with E-state index in [4.69, 9.17) is 18.6 Å². The minimum Gasteiger partial charge on any atom is -0.467 e. The third-order valence-electron chi connectivity index (χ3n) is 3.37. The summed E-state index contributed by atoms with van der Waals surface area (Å²) in [6.45, 7) is 6.23. The van der Waals surface area contributed by atoms with E-state index in [1.54, 1.807) is 6.26 Å². The van der Waals surface area contributed by atoms with Gasteiger partial charge in [-0.05, 0) is 32.4 Å². The number of carbonyl (C=O) groups is 1. The van der Waals surface area contributed by atoms with Gasteiger partial charge in [-0.3, -0.25) is 4.79 Å². The second kappa shape index (κ2) is 7.09. The second-order valence-corrected chi connectivity index (χ2v) is 5.78. The zero-order chi connectivity index (χ0) is 15.3. The Hall–Kier alpha value is -1.33. The fourth-order valence-electron chi connectivity index (χ4n) is 2.46. The Morgan fingerprint density at radius 3 is 2.90 bits per heavy atom. The Labute approximate surface area is 125 Å². The van der Waals surface area contributed by atoms with Crippen LogP contribution in [0.2, 0.25) is 0 Å². The highest BCUT2D eigenvalue weighted by molar-refractivity contribution is 5.70. The molecular weight excluding hydrogens is 272 g/mol. The maximum absolute atomic E-state index is 11.8. The first-order chi connectivity index (χ1) is 10.00. The van der Waals surface area contributed by atoms with Gasteiger partial charge in [0.25, 0.3) is 0 Å². The molecule has 0 aliphatic carbocycles. The van der Waals surface area contributed by atoms with Crippen LogP contribution in [-0.4, -0.2) is 24.5 Å².